The fourth-order valence-electron chi connectivity index (χ4n) is 2.01. The molecule has 2 N–H and O–H groups in total. The van der Waals surface area contributed by atoms with E-state index >= 15 is 0 Å². The summed E-state index contributed by atoms with van der Waals surface area (Å²) in [6, 6.07) is 0. The normalized spacial score (nSPS) is 22.4. The zero-order valence-corrected chi connectivity index (χ0v) is 11.0. The molecule has 0 heterocycles. The highest BCUT2D eigenvalue weighted by molar-refractivity contribution is 5.81. The van der Waals surface area contributed by atoms with Crippen LogP contribution in [0.1, 0.15) is 39.5 Å². The average Bonchev–Trinajstić information content (AvgIpc) is 2.29. The molecule has 0 aromatic heterocycles. The fourth-order valence-corrected chi connectivity index (χ4v) is 2.01. The second kappa shape index (κ2) is 5.54. The number of aliphatic hydroxyl groups is 1. The quantitative estimate of drug-likeness (QED) is 0.580. The predicted octanol–water partition coefficient (Wildman–Crippen LogP) is 1.59. The van der Waals surface area contributed by atoms with Crippen molar-refractivity contribution in [3.8, 4) is 0 Å². The molecule has 1 aliphatic carbocycles. The van der Waals surface area contributed by atoms with Crippen LogP contribution in [0.4, 0.5) is 0 Å². The van der Waals surface area contributed by atoms with Crippen molar-refractivity contribution in [2.75, 3.05) is 13.7 Å². The van der Waals surface area contributed by atoms with Gasteiger partial charge in [-0.05, 0) is 31.1 Å². The van der Waals surface area contributed by atoms with E-state index < -0.39 is 11.6 Å². The Morgan fingerprint density at radius 1 is 1.35 bits per heavy atom. The first-order valence-corrected chi connectivity index (χ1v) is 6.07. The van der Waals surface area contributed by atoms with Gasteiger partial charge in [0.15, 0.2) is 0 Å². The molecule has 0 saturated heterocycles. The minimum Gasteiger partial charge on any atom is -0.466 e. The van der Waals surface area contributed by atoms with Crippen LogP contribution in [0.15, 0.2) is 12.3 Å². The van der Waals surface area contributed by atoms with Gasteiger partial charge in [-0.15, -0.1) is 0 Å². The summed E-state index contributed by atoms with van der Waals surface area (Å²) in [6.45, 7) is 4.95. The van der Waals surface area contributed by atoms with E-state index in [0.29, 0.717) is 12.0 Å². The molecule has 1 saturated carbocycles. The van der Waals surface area contributed by atoms with Gasteiger partial charge in [0.1, 0.15) is 0 Å². The third-order valence-corrected chi connectivity index (χ3v) is 3.50. The number of hydrogen-bond acceptors (Lipinski definition) is 4. The van der Waals surface area contributed by atoms with Gasteiger partial charge in [-0.1, -0.05) is 13.8 Å². The van der Waals surface area contributed by atoms with Crippen molar-refractivity contribution >= 4 is 5.97 Å². The standard InChI is InChI=1S/C13H23NO3/c1-12(2)5-7-13(16,8-6-12)10-14-9-4-11(15)17-3/h4,9,14,16H,5-8,10H2,1-3H3/b9-4+. The molecule has 0 radical (unpaired) electrons. The summed E-state index contributed by atoms with van der Waals surface area (Å²) in [5.74, 6) is -0.394. The summed E-state index contributed by atoms with van der Waals surface area (Å²) < 4.78 is 4.47. The summed E-state index contributed by atoms with van der Waals surface area (Å²) in [6.07, 6.45) is 6.52. The van der Waals surface area contributed by atoms with Crippen molar-refractivity contribution in [2.24, 2.45) is 5.41 Å². The molecule has 0 unspecified atom stereocenters. The first kappa shape index (κ1) is 14.0. The van der Waals surface area contributed by atoms with E-state index in [2.05, 4.69) is 23.9 Å². The molecule has 17 heavy (non-hydrogen) atoms. The maximum atomic E-state index is 10.8. The Labute approximate surface area is 103 Å². The van der Waals surface area contributed by atoms with Crippen molar-refractivity contribution in [2.45, 2.75) is 45.1 Å². The summed E-state index contributed by atoms with van der Waals surface area (Å²) >= 11 is 0. The molecule has 0 aromatic carbocycles. The zero-order valence-electron chi connectivity index (χ0n) is 11.0. The molecule has 0 amide bonds. The van der Waals surface area contributed by atoms with Crippen molar-refractivity contribution in [3.05, 3.63) is 12.3 Å². The van der Waals surface area contributed by atoms with Crippen LogP contribution in [0, 0.1) is 5.41 Å². The Morgan fingerprint density at radius 3 is 2.47 bits per heavy atom. The number of ether oxygens (including phenoxy) is 1. The van der Waals surface area contributed by atoms with Gasteiger partial charge in [-0.2, -0.15) is 0 Å². The average molecular weight is 241 g/mol. The lowest BCUT2D eigenvalue weighted by molar-refractivity contribution is -0.134. The molecule has 4 heteroatoms. The number of carbonyl (C=O) groups is 1. The minimum atomic E-state index is -0.643. The van der Waals surface area contributed by atoms with Gasteiger partial charge in [-0.3, -0.25) is 0 Å². The van der Waals surface area contributed by atoms with E-state index in [0.717, 1.165) is 25.7 Å². The van der Waals surface area contributed by atoms with Crippen LogP contribution in [0.3, 0.4) is 0 Å². The lowest BCUT2D eigenvalue weighted by Crippen LogP contribution is -2.43. The minimum absolute atomic E-state index is 0.341. The summed E-state index contributed by atoms with van der Waals surface area (Å²) in [7, 11) is 1.34. The monoisotopic (exact) mass is 241 g/mol. The van der Waals surface area contributed by atoms with Gasteiger partial charge in [0.25, 0.3) is 0 Å². The highest BCUT2D eigenvalue weighted by Gasteiger charge is 2.36. The van der Waals surface area contributed by atoms with Crippen LogP contribution >= 0.6 is 0 Å². The van der Waals surface area contributed by atoms with Crippen LogP contribution in [-0.2, 0) is 9.53 Å². The van der Waals surface area contributed by atoms with E-state index in [1.54, 1.807) is 0 Å². The van der Waals surface area contributed by atoms with Crippen molar-refractivity contribution in [1.82, 2.24) is 5.32 Å². The third kappa shape index (κ3) is 4.77. The van der Waals surface area contributed by atoms with E-state index in [1.165, 1.54) is 19.4 Å². The number of methoxy groups -OCH3 is 1. The van der Waals surface area contributed by atoms with Gasteiger partial charge in [0.05, 0.1) is 12.7 Å². The predicted molar refractivity (Wildman–Crippen MR) is 66.4 cm³/mol. The van der Waals surface area contributed by atoms with Gasteiger partial charge in [0.2, 0.25) is 0 Å². The second-order valence-corrected chi connectivity index (χ2v) is 5.63. The lowest BCUT2D eigenvalue weighted by atomic mass is 9.71. The molecule has 0 aromatic rings. The molecule has 0 aliphatic heterocycles. The largest absolute Gasteiger partial charge is 0.466 e. The fraction of sp³-hybridized carbons (Fsp3) is 0.769. The second-order valence-electron chi connectivity index (χ2n) is 5.63. The van der Waals surface area contributed by atoms with Crippen LogP contribution in [0.25, 0.3) is 0 Å². The van der Waals surface area contributed by atoms with Crippen molar-refractivity contribution in [3.63, 3.8) is 0 Å². The molecule has 1 fully saturated rings. The number of nitrogens with one attached hydrogen (secondary N) is 1. The zero-order chi connectivity index (χ0) is 12.9. The SMILES string of the molecule is COC(=O)/C=C/NCC1(O)CCC(C)(C)CC1. The first-order valence-electron chi connectivity index (χ1n) is 6.07. The lowest BCUT2D eigenvalue weighted by Gasteiger charge is -2.40. The highest BCUT2D eigenvalue weighted by Crippen LogP contribution is 2.39. The molecule has 98 valence electrons. The van der Waals surface area contributed by atoms with E-state index in [1.807, 2.05) is 0 Å². The number of carbonyl (C=O) groups excluding carboxylic acids is 1. The van der Waals surface area contributed by atoms with Gasteiger partial charge in [0, 0.05) is 18.8 Å². The van der Waals surface area contributed by atoms with Crippen LogP contribution in [0.5, 0.6) is 0 Å². The summed E-state index contributed by atoms with van der Waals surface area (Å²) in [5, 5.41) is 13.3. The molecule has 1 aliphatic rings. The molecule has 4 nitrogen and oxygen atoms in total. The Kier molecular flexibility index (Phi) is 4.57. The molecule has 0 spiro atoms. The Morgan fingerprint density at radius 2 is 1.94 bits per heavy atom. The van der Waals surface area contributed by atoms with E-state index in [4.69, 9.17) is 0 Å². The Balaban J connectivity index is 2.32. The van der Waals surface area contributed by atoms with Crippen molar-refractivity contribution in [1.29, 1.82) is 0 Å². The van der Waals surface area contributed by atoms with Crippen LogP contribution < -0.4 is 5.32 Å². The smallest absolute Gasteiger partial charge is 0.331 e. The molecular weight excluding hydrogens is 218 g/mol. The Hall–Kier alpha value is -1.03. The van der Waals surface area contributed by atoms with Crippen LogP contribution in [0.2, 0.25) is 0 Å². The van der Waals surface area contributed by atoms with Gasteiger partial charge >= 0.3 is 5.97 Å². The molecule has 0 atom stereocenters. The van der Waals surface area contributed by atoms with Gasteiger partial charge < -0.3 is 15.2 Å². The van der Waals surface area contributed by atoms with E-state index in [-0.39, 0.29) is 0 Å². The number of rotatable bonds is 4. The first-order chi connectivity index (χ1) is 7.87. The van der Waals surface area contributed by atoms with Crippen LogP contribution in [-0.4, -0.2) is 30.3 Å². The van der Waals surface area contributed by atoms with E-state index in [9.17, 15) is 9.90 Å². The summed E-state index contributed by atoms with van der Waals surface area (Å²) in [4.78, 5) is 10.8. The molecule has 1 rings (SSSR count). The topological polar surface area (TPSA) is 58.6 Å². The maximum absolute atomic E-state index is 10.8. The summed E-state index contributed by atoms with van der Waals surface area (Å²) in [5.41, 5.74) is -0.302. The van der Waals surface area contributed by atoms with Crippen molar-refractivity contribution < 1.29 is 14.6 Å². The number of esters is 1. The number of hydrogen-bond donors (Lipinski definition) is 2. The van der Waals surface area contributed by atoms with Gasteiger partial charge in [-0.25, -0.2) is 4.79 Å². The molecule has 0 bridgehead atoms. The Bertz CT molecular complexity index is 287. The third-order valence-electron chi connectivity index (χ3n) is 3.50. The highest BCUT2D eigenvalue weighted by atomic mass is 16.5. The maximum Gasteiger partial charge on any atom is 0.331 e. The molecular formula is C13H23NO3.